The smallest absolute Gasteiger partial charge is 0.224 e. The van der Waals surface area contributed by atoms with E-state index in [4.69, 9.17) is 11.0 Å². The van der Waals surface area contributed by atoms with Crippen LogP contribution < -0.4 is 11.1 Å². The summed E-state index contributed by atoms with van der Waals surface area (Å²) < 4.78 is 0. The molecular weight excluding hydrogens is 226 g/mol. The second-order valence-electron chi connectivity index (χ2n) is 4.61. The minimum Gasteiger partial charge on any atom is -0.352 e. The molecule has 1 amide bonds. The highest BCUT2D eigenvalue weighted by atomic mass is 16.1. The Bertz CT molecular complexity index is 431. The summed E-state index contributed by atoms with van der Waals surface area (Å²) >= 11 is 0. The molecule has 0 spiro atoms. The molecule has 0 fully saturated rings. The van der Waals surface area contributed by atoms with Crippen LogP contribution in [0.15, 0.2) is 24.3 Å². The van der Waals surface area contributed by atoms with E-state index in [9.17, 15) is 4.79 Å². The van der Waals surface area contributed by atoms with Gasteiger partial charge in [-0.3, -0.25) is 4.79 Å². The van der Waals surface area contributed by atoms with Crippen LogP contribution in [0.1, 0.15) is 25.0 Å². The zero-order valence-corrected chi connectivity index (χ0v) is 10.8. The predicted octanol–water partition coefficient (Wildman–Crippen LogP) is 1.41. The van der Waals surface area contributed by atoms with Crippen LogP contribution in [0.3, 0.4) is 0 Å². The number of carbonyl (C=O) groups excluding carboxylic acids is 1. The van der Waals surface area contributed by atoms with Crippen LogP contribution in [0.2, 0.25) is 0 Å². The average molecular weight is 245 g/mol. The minimum atomic E-state index is -0.150. The third kappa shape index (κ3) is 3.86. The quantitative estimate of drug-likeness (QED) is 0.823. The first-order valence-electron chi connectivity index (χ1n) is 6.05. The molecule has 1 aromatic carbocycles. The van der Waals surface area contributed by atoms with Gasteiger partial charge in [-0.05, 0) is 23.6 Å². The first-order chi connectivity index (χ1) is 8.58. The summed E-state index contributed by atoms with van der Waals surface area (Å²) in [5, 5.41) is 11.5. The van der Waals surface area contributed by atoms with Gasteiger partial charge in [-0.15, -0.1) is 0 Å². The molecule has 0 saturated carbocycles. The summed E-state index contributed by atoms with van der Waals surface area (Å²) in [5.74, 6) is 0.0659. The van der Waals surface area contributed by atoms with Crippen molar-refractivity contribution in [2.75, 3.05) is 6.54 Å². The van der Waals surface area contributed by atoms with Crippen molar-refractivity contribution in [2.45, 2.75) is 20.4 Å². The Kier molecular flexibility index (Phi) is 5.34. The lowest BCUT2D eigenvalue weighted by Crippen LogP contribution is -2.37. The molecule has 96 valence electrons. The van der Waals surface area contributed by atoms with Crippen molar-refractivity contribution >= 4 is 5.91 Å². The van der Waals surface area contributed by atoms with E-state index in [0.717, 1.165) is 5.56 Å². The van der Waals surface area contributed by atoms with Gasteiger partial charge in [0.1, 0.15) is 0 Å². The lowest BCUT2D eigenvalue weighted by molar-refractivity contribution is -0.126. The van der Waals surface area contributed by atoms with Gasteiger partial charge in [0, 0.05) is 13.1 Å². The number of nitrogens with two attached hydrogens (primary N) is 1. The van der Waals surface area contributed by atoms with E-state index < -0.39 is 0 Å². The predicted molar refractivity (Wildman–Crippen MR) is 70.4 cm³/mol. The minimum absolute atomic E-state index is 0.0168. The van der Waals surface area contributed by atoms with Crippen molar-refractivity contribution in [1.29, 1.82) is 5.26 Å². The van der Waals surface area contributed by atoms with Crippen molar-refractivity contribution in [1.82, 2.24) is 5.32 Å². The number of benzene rings is 1. The van der Waals surface area contributed by atoms with E-state index in [-0.39, 0.29) is 17.7 Å². The number of rotatable bonds is 5. The summed E-state index contributed by atoms with van der Waals surface area (Å²) in [6.45, 7) is 4.79. The van der Waals surface area contributed by atoms with Gasteiger partial charge < -0.3 is 11.1 Å². The molecule has 0 aromatic heterocycles. The maximum atomic E-state index is 11.9. The number of amides is 1. The fraction of sp³-hybridized carbons (Fsp3) is 0.429. The molecule has 0 aliphatic heterocycles. The van der Waals surface area contributed by atoms with Crippen LogP contribution in [0.4, 0.5) is 0 Å². The molecule has 1 atom stereocenters. The molecule has 18 heavy (non-hydrogen) atoms. The summed E-state index contributed by atoms with van der Waals surface area (Å²) in [7, 11) is 0. The van der Waals surface area contributed by atoms with Gasteiger partial charge in [0.05, 0.1) is 17.6 Å². The molecule has 0 aliphatic carbocycles. The summed E-state index contributed by atoms with van der Waals surface area (Å²) in [6, 6.07) is 9.22. The van der Waals surface area contributed by atoms with Crippen molar-refractivity contribution in [3.63, 3.8) is 0 Å². The summed E-state index contributed by atoms with van der Waals surface area (Å²) in [6.07, 6.45) is 0. The van der Waals surface area contributed by atoms with Crippen molar-refractivity contribution < 1.29 is 4.79 Å². The van der Waals surface area contributed by atoms with Gasteiger partial charge in [0.25, 0.3) is 0 Å². The Hall–Kier alpha value is -1.86. The molecule has 0 bridgehead atoms. The van der Waals surface area contributed by atoms with Gasteiger partial charge >= 0.3 is 0 Å². The average Bonchev–Trinajstić information content (AvgIpc) is 2.37. The Balaban J connectivity index is 2.54. The second kappa shape index (κ2) is 6.77. The zero-order chi connectivity index (χ0) is 13.5. The van der Waals surface area contributed by atoms with Crippen molar-refractivity contribution in [3.8, 4) is 6.07 Å². The Morgan fingerprint density at radius 3 is 2.44 bits per heavy atom. The monoisotopic (exact) mass is 245 g/mol. The van der Waals surface area contributed by atoms with E-state index in [2.05, 4.69) is 11.4 Å². The largest absolute Gasteiger partial charge is 0.352 e. The number of nitriles is 1. The fourth-order valence-corrected chi connectivity index (χ4v) is 1.70. The molecule has 0 saturated heterocycles. The molecular formula is C14H19N3O. The lowest BCUT2D eigenvalue weighted by atomic mass is 9.95. The number of nitrogens with zero attached hydrogens (tertiary/aromatic N) is 1. The Morgan fingerprint density at radius 2 is 2.00 bits per heavy atom. The standard InChI is InChI=1S/C14H19N3O/c1-10(2)13(8-16)14(18)17-9-12-5-3-11(7-15)4-6-12/h3-6,10,13H,8-9,16H2,1-2H3,(H,17,18). The maximum absolute atomic E-state index is 11.9. The number of nitrogens with one attached hydrogen (secondary N) is 1. The van der Waals surface area contributed by atoms with Gasteiger partial charge in [-0.1, -0.05) is 26.0 Å². The Morgan fingerprint density at radius 1 is 1.39 bits per heavy atom. The lowest BCUT2D eigenvalue weighted by Gasteiger charge is -2.18. The Labute approximate surface area is 108 Å². The van der Waals surface area contributed by atoms with Gasteiger partial charge in [0.15, 0.2) is 0 Å². The molecule has 0 aliphatic rings. The third-order valence-corrected chi connectivity index (χ3v) is 2.95. The molecule has 1 aromatic rings. The highest BCUT2D eigenvalue weighted by Gasteiger charge is 2.19. The molecule has 1 rings (SSSR count). The van der Waals surface area contributed by atoms with E-state index in [1.807, 2.05) is 26.0 Å². The molecule has 3 N–H and O–H groups in total. The van der Waals surface area contributed by atoms with Crippen molar-refractivity contribution in [2.24, 2.45) is 17.6 Å². The fourth-order valence-electron chi connectivity index (χ4n) is 1.70. The van der Waals surface area contributed by atoms with E-state index >= 15 is 0 Å². The first kappa shape index (κ1) is 14.2. The molecule has 0 radical (unpaired) electrons. The van der Waals surface area contributed by atoms with Crippen LogP contribution >= 0.6 is 0 Å². The zero-order valence-electron chi connectivity index (χ0n) is 10.8. The normalized spacial score (nSPS) is 11.9. The van der Waals surface area contributed by atoms with Crippen LogP contribution in [-0.4, -0.2) is 12.5 Å². The summed E-state index contributed by atoms with van der Waals surface area (Å²) in [5.41, 5.74) is 7.18. The van der Waals surface area contributed by atoms with Gasteiger partial charge in [0.2, 0.25) is 5.91 Å². The van der Waals surface area contributed by atoms with E-state index in [0.29, 0.717) is 18.7 Å². The highest BCUT2D eigenvalue weighted by Crippen LogP contribution is 2.10. The number of carbonyl (C=O) groups is 1. The molecule has 1 unspecified atom stereocenters. The number of hydrogen-bond acceptors (Lipinski definition) is 3. The molecule has 4 heteroatoms. The van der Waals surface area contributed by atoms with E-state index in [1.54, 1.807) is 12.1 Å². The van der Waals surface area contributed by atoms with Crippen LogP contribution in [0.25, 0.3) is 0 Å². The third-order valence-electron chi connectivity index (χ3n) is 2.95. The molecule has 4 nitrogen and oxygen atoms in total. The van der Waals surface area contributed by atoms with Crippen molar-refractivity contribution in [3.05, 3.63) is 35.4 Å². The van der Waals surface area contributed by atoms with E-state index in [1.165, 1.54) is 0 Å². The molecule has 0 heterocycles. The second-order valence-corrected chi connectivity index (χ2v) is 4.61. The summed E-state index contributed by atoms with van der Waals surface area (Å²) in [4.78, 5) is 11.9. The van der Waals surface area contributed by atoms with Gasteiger partial charge in [-0.2, -0.15) is 5.26 Å². The first-order valence-corrected chi connectivity index (χ1v) is 6.05. The number of hydrogen-bond donors (Lipinski definition) is 2. The highest BCUT2D eigenvalue weighted by molar-refractivity contribution is 5.79. The van der Waals surface area contributed by atoms with Crippen LogP contribution in [-0.2, 0) is 11.3 Å². The van der Waals surface area contributed by atoms with Gasteiger partial charge in [-0.25, -0.2) is 0 Å². The van der Waals surface area contributed by atoms with Crippen LogP contribution in [0, 0.1) is 23.2 Å². The van der Waals surface area contributed by atoms with Crippen LogP contribution in [0.5, 0.6) is 0 Å². The maximum Gasteiger partial charge on any atom is 0.224 e. The SMILES string of the molecule is CC(C)C(CN)C(=O)NCc1ccc(C#N)cc1. The topological polar surface area (TPSA) is 78.9 Å².